The van der Waals surface area contributed by atoms with Crippen LogP contribution in [-0.2, 0) is 13.0 Å². The largest absolute Gasteiger partial charge is 0.373 e. The van der Waals surface area contributed by atoms with Crippen LogP contribution in [0.1, 0.15) is 29.6 Å². The minimum atomic E-state index is 0.706. The van der Waals surface area contributed by atoms with Gasteiger partial charge in [-0.15, -0.1) is 0 Å². The van der Waals surface area contributed by atoms with Crippen molar-refractivity contribution in [2.24, 2.45) is 0 Å². The molecule has 0 aliphatic carbocycles. The number of aryl methyl sites for hydroxylation is 2. The van der Waals surface area contributed by atoms with Crippen LogP contribution in [0.4, 0.5) is 11.6 Å². The highest BCUT2D eigenvalue weighted by atomic mass is 15.1. The van der Waals surface area contributed by atoms with Gasteiger partial charge in [0.2, 0.25) is 0 Å². The molecule has 0 amide bonds. The second-order valence-electron chi connectivity index (χ2n) is 4.73. The van der Waals surface area contributed by atoms with Gasteiger partial charge in [0.15, 0.2) is 0 Å². The van der Waals surface area contributed by atoms with E-state index in [1.807, 2.05) is 33.2 Å². The van der Waals surface area contributed by atoms with Gasteiger partial charge in [0.25, 0.3) is 0 Å². The van der Waals surface area contributed by atoms with Crippen molar-refractivity contribution in [1.82, 2.24) is 15.0 Å². The number of hydrogen-bond acceptors (Lipinski definition) is 5. The summed E-state index contributed by atoms with van der Waals surface area (Å²) in [5.74, 6) is 2.59. The van der Waals surface area contributed by atoms with E-state index >= 15 is 0 Å². The van der Waals surface area contributed by atoms with Crippen LogP contribution in [0.5, 0.6) is 0 Å². The Kier molecular flexibility index (Phi) is 4.50. The molecule has 0 saturated heterocycles. The van der Waals surface area contributed by atoms with Gasteiger partial charge in [-0.2, -0.15) is 0 Å². The second kappa shape index (κ2) is 6.32. The first-order valence-corrected chi connectivity index (χ1v) is 6.84. The highest BCUT2D eigenvalue weighted by Gasteiger charge is 2.08. The molecule has 0 aromatic carbocycles. The lowest BCUT2D eigenvalue weighted by Gasteiger charge is -2.13. The molecule has 0 spiro atoms. The second-order valence-corrected chi connectivity index (χ2v) is 4.73. The van der Waals surface area contributed by atoms with Crippen LogP contribution in [0, 0.1) is 13.8 Å². The molecule has 2 aromatic rings. The molecule has 2 aromatic heterocycles. The van der Waals surface area contributed by atoms with Crippen molar-refractivity contribution in [3.05, 3.63) is 41.0 Å². The fraction of sp³-hybridized carbons (Fsp3) is 0.400. The SMILES string of the molecule is CCc1nc(NC)c(C)c(NCc2ccc(C)nc2)n1. The molecule has 0 atom stereocenters. The molecule has 0 radical (unpaired) electrons. The van der Waals surface area contributed by atoms with E-state index in [0.29, 0.717) is 6.54 Å². The summed E-state index contributed by atoms with van der Waals surface area (Å²) >= 11 is 0. The van der Waals surface area contributed by atoms with Gasteiger partial charge < -0.3 is 10.6 Å². The van der Waals surface area contributed by atoms with Crippen LogP contribution < -0.4 is 10.6 Å². The molecule has 0 aliphatic heterocycles. The molecule has 0 saturated carbocycles. The fourth-order valence-corrected chi connectivity index (χ4v) is 1.93. The lowest BCUT2D eigenvalue weighted by molar-refractivity contribution is 0.923. The Labute approximate surface area is 119 Å². The van der Waals surface area contributed by atoms with Gasteiger partial charge in [0.05, 0.1) is 0 Å². The van der Waals surface area contributed by atoms with Crippen molar-refractivity contribution in [2.75, 3.05) is 17.7 Å². The summed E-state index contributed by atoms with van der Waals surface area (Å²) in [6.45, 7) is 6.76. The number of hydrogen-bond donors (Lipinski definition) is 2. The van der Waals surface area contributed by atoms with Gasteiger partial charge in [-0.1, -0.05) is 13.0 Å². The first-order valence-electron chi connectivity index (χ1n) is 6.84. The van der Waals surface area contributed by atoms with Gasteiger partial charge in [-0.3, -0.25) is 4.98 Å². The molecule has 0 aliphatic rings. The summed E-state index contributed by atoms with van der Waals surface area (Å²) in [4.78, 5) is 13.3. The van der Waals surface area contributed by atoms with Crippen LogP contribution in [0.15, 0.2) is 18.3 Å². The predicted octanol–water partition coefficient (Wildman–Crippen LogP) is 2.70. The monoisotopic (exact) mass is 271 g/mol. The molecular formula is C15H21N5. The van der Waals surface area contributed by atoms with Crippen LogP contribution in [0.25, 0.3) is 0 Å². The molecule has 106 valence electrons. The Morgan fingerprint density at radius 1 is 1.10 bits per heavy atom. The maximum absolute atomic E-state index is 4.55. The highest BCUT2D eigenvalue weighted by Crippen LogP contribution is 2.20. The minimum absolute atomic E-state index is 0.706. The van der Waals surface area contributed by atoms with Gasteiger partial charge >= 0.3 is 0 Å². The lowest BCUT2D eigenvalue weighted by atomic mass is 10.2. The number of aromatic nitrogens is 3. The Morgan fingerprint density at radius 3 is 2.45 bits per heavy atom. The van der Waals surface area contributed by atoms with E-state index < -0.39 is 0 Å². The van der Waals surface area contributed by atoms with Gasteiger partial charge in [-0.25, -0.2) is 9.97 Å². The molecular weight excluding hydrogens is 250 g/mol. The quantitative estimate of drug-likeness (QED) is 0.875. The smallest absolute Gasteiger partial charge is 0.135 e. The molecule has 0 bridgehead atoms. The van der Waals surface area contributed by atoms with Crippen LogP contribution >= 0.6 is 0 Å². The van der Waals surface area contributed by atoms with E-state index in [9.17, 15) is 0 Å². The Hall–Kier alpha value is -2.17. The van der Waals surface area contributed by atoms with E-state index in [4.69, 9.17) is 0 Å². The van der Waals surface area contributed by atoms with Crippen LogP contribution in [-0.4, -0.2) is 22.0 Å². The van der Waals surface area contributed by atoms with Crippen molar-refractivity contribution in [1.29, 1.82) is 0 Å². The third kappa shape index (κ3) is 3.23. The highest BCUT2D eigenvalue weighted by molar-refractivity contribution is 5.57. The van der Waals surface area contributed by atoms with Gasteiger partial charge in [-0.05, 0) is 25.5 Å². The number of pyridine rings is 1. The number of anilines is 2. The molecule has 2 heterocycles. The molecule has 0 unspecified atom stereocenters. The molecule has 5 heteroatoms. The average molecular weight is 271 g/mol. The molecule has 2 rings (SSSR count). The zero-order chi connectivity index (χ0) is 14.5. The number of nitrogens with one attached hydrogen (secondary N) is 2. The van der Waals surface area contributed by atoms with E-state index in [0.717, 1.165) is 40.7 Å². The molecule has 2 N–H and O–H groups in total. The maximum Gasteiger partial charge on any atom is 0.135 e. The Bertz CT molecular complexity index is 578. The van der Waals surface area contributed by atoms with Crippen LogP contribution in [0.2, 0.25) is 0 Å². The number of rotatable bonds is 5. The normalized spacial score (nSPS) is 10.4. The molecule has 20 heavy (non-hydrogen) atoms. The van der Waals surface area contributed by atoms with E-state index in [1.165, 1.54) is 0 Å². The third-order valence-corrected chi connectivity index (χ3v) is 3.18. The maximum atomic E-state index is 4.55. The topological polar surface area (TPSA) is 62.7 Å². The fourth-order valence-electron chi connectivity index (χ4n) is 1.93. The summed E-state index contributed by atoms with van der Waals surface area (Å²) in [6, 6.07) is 4.09. The number of nitrogens with zero attached hydrogens (tertiary/aromatic N) is 3. The summed E-state index contributed by atoms with van der Waals surface area (Å²) in [7, 11) is 1.88. The van der Waals surface area contributed by atoms with Crippen molar-refractivity contribution in [3.63, 3.8) is 0 Å². The van der Waals surface area contributed by atoms with E-state index in [2.05, 4.69) is 38.6 Å². The average Bonchev–Trinajstić information content (AvgIpc) is 2.48. The summed E-state index contributed by atoms with van der Waals surface area (Å²) in [5.41, 5.74) is 3.19. The van der Waals surface area contributed by atoms with Crippen molar-refractivity contribution in [2.45, 2.75) is 33.7 Å². The zero-order valence-electron chi connectivity index (χ0n) is 12.5. The van der Waals surface area contributed by atoms with Crippen LogP contribution in [0.3, 0.4) is 0 Å². The van der Waals surface area contributed by atoms with Gasteiger partial charge in [0.1, 0.15) is 17.5 Å². The van der Waals surface area contributed by atoms with Crippen molar-refractivity contribution >= 4 is 11.6 Å². The minimum Gasteiger partial charge on any atom is -0.373 e. The van der Waals surface area contributed by atoms with E-state index in [1.54, 1.807) is 0 Å². The predicted molar refractivity (Wildman–Crippen MR) is 82.0 cm³/mol. The standard InChI is InChI=1S/C15H21N5/c1-5-13-19-14(16-4)11(3)15(20-13)18-9-12-7-6-10(2)17-8-12/h6-8H,5,9H2,1-4H3,(H2,16,18,19,20). The van der Waals surface area contributed by atoms with Crippen molar-refractivity contribution in [3.8, 4) is 0 Å². The first kappa shape index (κ1) is 14.2. The molecule has 0 fully saturated rings. The van der Waals surface area contributed by atoms with Crippen molar-refractivity contribution < 1.29 is 0 Å². The summed E-state index contributed by atoms with van der Waals surface area (Å²) in [5, 5.41) is 6.48. The van der Waals surface area contributed by atoms with Gasteiger partial charge in [0, 0.05) is 37.5 Å². The summed E-state index contributed by atoms with van der Waals surface area (Å²) < 4.78 is 0. The zero-order valence-corrected chi connectivity index (χ0v) is 12.5. The first-order chi connectivity index (χ1) is 9.63. The third-order valence-electron chi connectivity index (χ3n) is 3.18. The molecule has 5 nitrogen and oxygen atoms in total. The Morgan fingerprint density at radius 2 is 1.85 bits per heavy atom. The lowest BCUT2D eigenvalue weighted by Crippen LogP contribution is -2.09. The van der Waals surface area contributed by atoms with E-state index in [-0.39, 0.29) is 0 Å². The Balaban J connectivity index is 2.18. The summed E-state index contributed by atoms with van der Waals surface area (Å²) in [6.07, 6.45) is 2.70.